The molecule has 35 heavy (non-hydrogen) atoms. The number of phenolic OH excluding ortho intramolecular Hbond substituents is 1. The van der Waals surface area contributed by atoms with Crippen LogP contribution in [0.1, 0.15) is 15.9 Å². The van der Waals surface area contributed by atoms with Gasteiger partial charge in [-0.25, -0.2) is 5.43 Å². The van der Waals surface area contributed by atoms with E-state index in [4.69, 9.17) is 4.74 Å². The Morgan fingerprint density at radius 2 is 1.60 bits per heavy atom. The molecule has 0 atom stereocenters. The average Bonchev–Trinajstić information content (AvgIpc) is 2.84. The second-order valence-electron chi connectivity index (χ2n) is 7.25. The standard InChI is InChI=1S/C24H16N4O7/c29-22-12-17-4-2-1-3-16(17)11-20(22)24(30)26-25-14-15-5-8-19(9-6-15)35-23-10-7-18(27(31)32)13-21(23)28(33)34/h1-14,29H,(H,26,30)/b25-14+. The first-order valence-electron chi connectivity index (χ1n) is 10.1. The van der Waals surface area contributed by atoms with Gasteiger partial charge in [0.2, 0.25) is 5.75 Å². The zero-order chi connectivity index (χ0) is 24.9. The Morgan fingerprint density at radius 3 is 2.26 bits per heavy atom. The zero-order valence-electron chi connectivity index (χ0n) is 17.8. The molecule has 0 saturated carbocycles. The summed E-state index contributed by atoms with van der Waals surface area (Å²) in [4.78, 5) is 33.0. The fourth-order valence-corrected chi connectivity index (χ4v) is 3.23. The first kappa shape index (κ1) is 22.9. The van der Waals surface area contributed by atoms with Crippen LogP contribution in [-0.2, 0) is 0 Å². The van der Waals surface area contributed by atoms with Crippen LogP contribution in [0.15, 0.2) is 84.0 Å². The minimum Gasteiger partial charge on any atom is -0.507 e. The first-order valence-corrected chi connectivity index (χ1v) is 10.1. The Balaban J connectivity index is 1.43. The number of nitro benzene ring substituents is 2. The summed E-state index contributed by atoms with van der Waals surface area (Å²) in [6.07, 6.45) is 1.37. The quantitative estimate of drug-likeness (QED) is 0.219. The van der Waals surface area contributed by atoms with Crippen LogP contribution in [0.5, 0.6) is 17.2 Å². The van der Waals surface area contributed by atoms with Gasteiger partial charge in [0.05, 0.1) is 27.7 Å². The van der Waals surface area contributed by atoms with E-state index in [-0.39, 0.29) is 22.8 Å². The minimum absolute atomic E-state index is 0.0780. The van der Waals surface area contributed by atoms with Crippen molar-refractivity contribution in [2.24, 2.45) is 5.10 Å². The smallest absolute Gasteiger partial charge is 0.318 e. The third-order valence-electron chi connectivity index (χ3n) is 4.95. The molecule has 0 unspecified atom stereocenters. The van der Waals surface area contributed by atoms with Gasteiger partial charge in [-0.05, 0) is 58.8 Å². The number of hydrogen-bond donors (Lipinski definition) is 2. The second-order valence-corrected chi connectivity index (χ2v) is 7.25. The molecule has 4 rings (SSSR count). The topological polar surface area (TPSA) is 157 Å². The number of fused-ring (bicyclic) bond motifs is 1. The van der Waals surface area contributed by atoms with Crippen LogP contribution in [0.4, 0.5) is 11.4 Å². The molecule has 11 heteroatoms. The lowest BCUT2D eigenvalue weighted by atomic mass is 10.1. The van der Waals surface area contributed by atoms with Crippen molar-refractivity contribution in [2.75, 3.05) is 0 Å². The number of carbonyl (C=O) groups is 1. The van der Waals surface area contributed by atoms with Crippen molar-refractivity contribution in [3.05, 3.63) is 110 Å². The number of phenols is 1. The highest BCUT2D eigenvalue weighted by atomic mass is 16.6. The molecule has 174 valence electrons. The maximum absolute atomic E-state index is 12.4. The summed E-state index contributed by atoms with van der Waals surface area (Å²) in [5, 5.41) is 37.7. The zero-order valence-corrected chi connectivity index (χ0v) is 17.8. The van der Waals surface area contributed by atoms with Crippen molar-refractivity contribution in [1.29, 1.82) is 0 Å². The van der Waals surface area contributed by atoms with E-state index in [9.17, 15) is 30.1 Å². The van der Waals surface area contributed by atoms with E-state index >= 15 is 0 Å². The summed E-state index contributed by atoms with van der Waals surface area (Å²) in [5.74, 6) is -0.651. The number of carbonyl (C=O) groups excluding carboxylic acids is 1. The molecule has 0 bridgehead atoms. The third-order valence-corrected chi connectivity index (χ3v) is 4.95. The molecule has 2 N–H and O–H groups in total. The molecule has 0 heterocycles. The summed E-state index contributed by atoms with van der Waals surface area (Å²) in [6, 6.07) is 19.7. The largest absolute Gasteiger partial charge is 0.507 e. The maximum atomic E-state index is 12.4. The number of hydrogen-bond acceptors (Lipinski definition) is 8. The van der Waals surface area contributed by atoms with E-state index in [1.807, 2.05) is 24.3 Å². The molecule has 11 nitrogen and oxygen atoms in total. The maximum Gasteiger partial charge on any atom is 0.318 e. The predicted octanol–water partition coefficient (Wildman–Crippen LogP) is 4.92. The van der Waals surface area contributed by atoms with Gasteiger partial charge in [-0.15, -0.1) is 0 Å². The summed E-state index contributed by atoms with van der Waals surface area (Å²) in [7, 11) is 0. The van der Waals surface area contributed by atoms with Crippen molar-refractivity contribution in [3.63, 3.8) is 0 Å². The van der Waals surface area contributed by atoms with E-state index in [0.717, 1.165) is 29.0 Å². The molecule has 0 aliphatic heterocycles. The van der Waals surface area contributed by atoms with Gasteiger partial charge in [0.15, 0.2) is 0 Å². The van der Waals surface area contributed by atoms with Crippen molar-refractivity contribution < 1.29 is 24.5 Å². The van der Waals surface area contributed by atoms with Crippen LogP contribution in [-0.4, -0.2) is 27.1 Å². The molecule has 0 aromatic heterocycles. The first-order chi connectivity index (χ1) is 16.8. The molecule has 4 aromatic rings. The number of rotatable bonds is 7. The number of non-ortho nitro benzene ring substituents is 1. The lowest BCUT2D eigenvalue weighted by Gasteiger charge is -2.07. The Labute approximate surface area is 197 Å². The number of ether oxygens (including phenoxy) is 1. The van der Waals surface area contributed by atoms with Crippen LogP contribution < -0.4 is 10.2 Å². The number of nitrogens with zero attached hydrogens (tertiary/aromatic N) is 3. The summed E-state index contributed by atoms with van der Waals surface area (Å²) < 4.78 is 5.50. The lowest BCUT2D eigenvalue weighted by molar-refractivity contribution is -0.394. The number of aromatic hydroxyl groups is 1. The molecule has 0 fully saturated rings. The van der Waals surface area contributed by atoms with Gasteiger partial charge in [0, 0.05) is 6.07 Å². The highest BCUT2D eigenvalue weighted by molar-refractivity contribution is 6.01. The molecule has 0 radical (unpaired) electrons. The van der Waals surface area contributed by atoms with E-state index in [1.165, 1.54) is 24.4 Å². The molecule has 1 amide bonds. The van der Waals surface area contributed by atoms with Gasteiger partial charge in [-0.2, -0.15) is 5.10 Å². The van der Waals surface area contributed by atoms with Crippen molar-refractivity contribution >= 4 is 34.3 Å². The van der Waals surface area contributed by atoms with E-state index < -0.39 is 27.1 Å². The van der Waals surface area contributed by atoms with E-state index in [1.54, 1.807) is 18.2 Å². The number of nitro groups is 2. The number of amides is 1. The number of benzene rings is 4. The molecule has 4 aromatic carbocycles. The Kier molecular flexibility index (Phi) is 6.31. The Morgan fingerprint density at radius 1 is 0.914 bits per heavy atom. The predicted molar refractivity (Wildman–Crippen MR) is 127 cm³/mol. The van der Waals surface area contributed by atoms with E-state index in [2.05, 4.69) is 10.5 Å². The van der Waals surface area contributed by atoms with Gasteiger partial charge in [-0.1, -0.05) is 24.3 Å². The fourth-order valence-electron chi connectivity index (χ4n) is 3.23. The van der Waals surface area contributed by atoms with E-state index in [0.29, 0.717) is 5.56 Å². The van der Waals surface area contributed by atoms with Crippen LogP contribution in [0.3, 0.4) is 0 Å². The lowest BCUT2D eigenvalue weighted by Crippen LogP contribution is -2.17. The molecule has 0 spiro atoms. The SMILES string of the molecule is O=C(N/N=C/c1ccc(Oc2ccc([N+](=O)[O-])cc2[N+](=O)[O-])cc1)c1cc2ccccc2cc1O. The van der Waals surface area contributed by atoms with Crippen molar-refractivity contribution in [3.8, 4) is 17.2 Å². The third kappa shape index (κ3) is 5.20. The molecule has 0 aliphatic rings. The normalized spacial score (nSPS) is 10.9. The number of hydrazone groups is 1. The summed E-state index contributed by atoms with van der Waals surface area (Å²) in [5.41, 5.74) is 2.05. The van der Waals surface area contributed by atoms with Crippen LogP contribution >= 0.6 is 0 Å². The highest BCUT2D eigenvalue weighted by Crippen LogP contribution is 2.34. The van der Waals surface area contributed by atoms with Crippen LogP contribution in [0.25, 0.3) is 10.8 Å². The summed E-state index contributed by atoms with van der Waals surface area (Å²) >= 11 is 0. The molecular weight excluding hydrogens is 456 g/mol. The highest BCUT2D eigenvalue weighted by Gasteiger charge is 2.21. The van der Waals surface area contributed by atoms with Gasteiger partial charge < -0.3 is 9.84 Å². The minimum atomic E-state index is -0.765. The van der Waals surface area contributed by atoms with Gasteiger partial charge in [0.25, 0.3) is 11.6 Å². The Hall–Kier alpha value is -5.32. The second kappa shape index (κ2) is 9.67. The van der Waals surface area contributed by atoms with Crippen LogP contribution in [0, 0.1) is 20.2 Å². The summed E-state index contributed by atoms with van der Waals surface area (Å²) in [6.45, 7) is 0. The fraction of sp³-hybridized carbons (Fsp3) is 0. The molecular formula is C24H16N4O7. The number of nitrogens with one attached hydrogen (secondary N) is 1. The van der Waals surface area contributed by atoms with Crippen molar-refractivity contribution in [1.82, 2.24) is 5.43 Å². The van der Waals surface area contributed by atoms with Crippen LogP contribution in [0.2, 0.25) is 0 Å². The molecule has 0 saturated heterocycles. The average molecular weight is 472 g/mol. The van der Waals surface area contributed by atoms with Gasteiger partial charge in [0.1, 0.15) is 11.5 Å². The monoisotopic (exact) mass is 472 g/mol. The van der Waals surface area contributed by atoms with Gasteiger partial charge >= 0.3 is 5.69 Å². The van der Waals surface area contributed by atoms with Gasteiger partial charge in [-0.3, -0.25) is 25.0 Å². The molecule has 0 aliphatic carbocycles. The Bertz CT molecular complexity index is 1480. The van der Waals surface area contributed by atoms with Crippen molar-refractivity contribution in [2.45, 2.75) is 0 Å².